The molecule has 18 heavy (non-hydrogen) atoms. The quantitative estimate of drug-likeness (QED) is 0.808. The van der Waals surface area contributed by atoms with Crippen LogP contribution in [0.5, 0.6) is 5.75 Å². The van der Waals surface area contributed by atoms with Gasteiger partial charge in [0.25, 0.3) is 0 Å². The molecule has 102 valence electrons. The van der Waals surface area contributed by atoms with Crippen molar-refractivity contribution in [2.75, 3.05) is 13.7 Å². The molecule has 0 fully saturated rings. The first-order chi connectivity index (χ1) is 8.40. The van der Waals surface area contributed by atoms with E-state index in [2.05, 4.69) is 4.72 Å². The summed E-state index contributed by atoms with van der Waals surface area (Å²) in [4.78, 5) is 0.186. The second-order valence-corrected chi connectivity index (χ2v) is 5.91. The predicted molar refractivity (Wildman–Crippen MR) is 69.2 cm³/mol. The minimum absolute atomic E-state index is 0.114. The molecule has 0 bridgehead atoms. The SMILES string of the molecule is COc1ccc(S(=O)(=O)NC(C)C)c(CCO)c1. The number of hydrogen-bond donors (Lipinski definition) is 2. The van der Waals surface area contributed by atoms with E-state index in [0.717, 1.165) is 0 Å². The fraction of sp³-hybridized carbons (Fsp3) is 0.500. The van der Waals surface area contributed by atoms with Crippen LogP contribution in [0.2, 0.25) is 0 Å². The van der Waals surface area contributed by atoms with Crippen LogP contribution in [0.4, 0.5) is 0 Å². The van der Waals surface area contributed by atoms with Gasteiger partial charge in [-0.3, -0.25) is 0 Å². The van der Waals surface area contributed by atoms with Gasteiger partial charge in [-0.15, -0.1) is 0 Å². The topological polar surface area (TPSA) is 75.6 Å². The Morgan fingerprint density at radius 2 is 2.06 bits per heavy atom. The molecule has 1 aromatic rings. The summed E-state index contributed by atoms with van der Waals surface area (Å²) in [7, 11) is -2.04. The lowest BCUT2D eigenvalue weighted by Crippen LogP contribution is -2.31. The monoisotopic (exact) mass is 273 g/mol. The first-order valence-electron chi connectivity index (χ1n) is 5.71. The molecular formula is C12H19NO4S. The average Bonchev–Trinajstić information content (AvgIpc) is 2.27. The fourth-order valence-corrected chi connectivity index (χ4v) is 3.14. The molecule has 5 nitrogen and oxygen atoms in total. The first kappa shape index (κ1) is 14.9. The molecule has 0 aliphatic carbocycles. The minimum Gasteiger partial charge on any atom is -0.497 e. The average molecular weight is 273 g/mol. The van der Waals surface area contributed by atoms with Crippen molar-refractivity contribution in [2.45, 2.75) is 31.2 Å². The van der Waals surface area contributed by atoms with E-state index in [1.165, 1.54) is 13.2 Å². The van der Waals surface area contributed by atoms with Crippen LogP contribution in [-0.2, 0) is 16.4 Å². The van der Waals surface area contributed by atoms with Crippen molar-refractivity contribution < 1.29 is 18.3 Å². The number of aliphatic hydroxyl groups excluding tert-OH is 1. The molecule has 0 aliphatic rings. The van der Waals surface area contributed by atoms with Gasteiger partial charge in [0.2, 0.25) is 10.0 Å². The summed E-state index contributed by atoms with van der Waals surface area (Å²) < 4.78 is 31.8. The van der Waals surface area contributed by atoms with Crippen LogP contribution in [0.1, 0.15) is 19.4 Å². The molecule has 1 rings (SSSR count). The normalized spacial score (nSPS) is 11.8. The first-order valence-corrected chi connectivity index (χ1v) is 7.19. The van der Waals surface area contributed by atoms with Gasteiger partial charge < -0.3 is 9.84 Å². The Labute approximate surface area is 108 Å². The van der Waals surface area contributed by atoms with E-state index in [1.807, 2.05) is 0 Å². The highest BCUT2D eigenvalue weighted by Gasteiger charge is 2.19. The molecule has 0 radical (unpaired) electrons. The molecule has 0 saturated carbocycles. The third-order valence-corrected chi connectivity index (χ3v) is 4.09. The molecule has 0 spiro atoms. The van der Waals surface area contributed by atoms with Gasteiger partial charge in [-0.05, 0) is 44.0 Å². The van der Waals surface area contributed by atoms with E-state index in [4.69, 9.17) is 9.84 Å². The van der Waals surface area contributed by atoms with Gasteiger partial charge in [0.1, 0.15) is 5.75 Å². The standard InChI is InChI=1S/C12H19NO4S/c1-9(2)13-18(15,16)12-5-4-11(17-3)8-10(12)6-7-14/h4-5,8-9,13-14H,6-7H2,1-3H3. The summed E-state index contributed by atoms with van der Waals surface area (Å²) in [6, 6.07) is 4.54. The molecule has 0 unspecified atom stereocenters. The third-order valence-electron chi connectivity index (χ3n) is 2.33. The number of nitrogens with one attached hydrogen (secondary N) is 1. The third kappa shape index (κ3) is 3.69. The summed E-state index contributed by atoms with van der Waals surface area (Å²) in [5.74, 6) is 0.571. The molecule has 0 heterocycles. The van der Waals surface area contributed by atoms with E-state index >= 15 is 0 Å². The van der Waals surface area contributed by atoms with E-state index < -0.39 is 10.0 Å². The Morgan fingerprint density at radius 3 is 2.56 bits per heavy atom. The van der Waals surface area contributed by atoms with Crippen LogP contribution in [0.25, 0.3) is 0 Å². The van der Waals surface area contributed by atoms with Crippen molar-refractivity contribution >= 4 is 10.0 Å². The van der Waals surface area contributed by atoms with Gasteiger partial charge >= 0.3 is 0 Å². The van der Waals surface area contributed by atoms with Crippen molar-refractivity contribution in [1.82, 2.24) is 4.72 Å². The van der Waals surface area contributed by atoms with Gasteiger partial charge in [-0.1, -0.05) is 0 Å². The van der Waals surface area contributed by atoms with Gasteiger partial charge in [0.05, 0.1) is 12.0 Å². The zero-order valence-corrected chi connectivity index (χ0v) is 11.6. The lowest BCUT2D eigenvalue weighted by molar-refractivity contribution is 0.298. The molecule has 0 amide bonds. The summed E-state index contributed by atoms with van der Waals surface area (Å²) in [5, 5.41) is 9.00. The van der Waals surface area contributed by atoms with Crippen molar-refractivity contribution in [3.05, 3.63) is 23.8 Å². The summed E-state index contributed by atoms with van der Waals surface area (Å²) in [6.07, 6.45) is 0.269. The number of ether oxygens (including phenoxy) is 1. The van der Waals surface area contributed by atoms with Crippen LogP contribution in [0.3, 0.4) is 0 Å². The maximum absolute atomic E-state index is 12.1. The second-order valence-electron chi connectivity index (χ2n) is 4.22. The van der Waals surface area contributed by atoms with Crippen molar-refractivity contribution in [3.8, 4) is 5.75 Å². The number of hydrogen-bond acceptors (Lipinski definition) is 4. The van der Waals surface area contributed by atoms with Gasteiger partial charge in [0.15, 0.2) is 0 Å². The molecule has 0 atom stereocenters. The number of benzene rings is 1. The molecule has 0 aliphatic heterocycles. The highest BCUT2D eigenvalue weighted by atomic mass is 32.2. The Morgan fingerprint density at radius 1 is 1.39 bits per heavy atom. The van der Waals surface area contributed by atoms with Crippen LogP contribution < -0.4 is 9.46 Å². The lowest BCUT2D eigenvalue weighted by Gasteiger charge is -2.14. The molecular weight excluding hydrogens is 254 g/mol. The van der Waals surface area contributed by atoms with Crippen molar-refractivity contribution in [2.24, 2.45) is 0 Å². The van der Waals surface area contributed by atoms with Gasteiger partial charge in [-0.25, -0.2) is 13.1 Å². The summed E-state index contributed by atoms with van der Waals surface area (Å²) in [5.41, 5.74) is 0.546. The maximum atomic E-state index is 12.1. The van der Waals surface area contributed by atoms with Gasteiger partial charge in [0, 0.05) is 12.6 Å². The Bertz CT molecular complexity index is 497. The van der Waals surface area contributed by atoms with Crippen molar-refractivity contribution in [3.63, 3.8) is 0 Å². The number of rotatable bonds is 6. The number of aliphatic hydroxyl groups is 1. The van der Waals surface area contributed by atoms with Crippen LogP contribution >= 0.6 is 0 Å². The highest BCUT2D eigenvalue weighted by Crippen LogP contribution is 2.22. The Balaban J connectivity index is 3.22. The summed E-state index contributed by atoms with van der Waals surface area (Å²) in [6.45, 7) is 3.40. The van der Waals surface area contributed by atoms with Crippen LogP contribution in [-0.4, -0.2) is 33.3 Å². The number of sulfonamides is 1. The van der Waals surface area contributed by atoms with E-state index in [0.29, 0.717) is 11.3 Å². The molecule has 6 heteroatoms. The van der Waals surface area contributed by atoms with Crippen LogP contribution in [0, 0.1) is 0 Å². The smallest absolute Gasteiger partial charge is 0.241 e. The van der Waals surface area contributed by atoms with Crippen molar-refractivity contribution in [1.29, 1.82) is 0 Å². The predicted octanol–water partition coefficient (Wildman–Crippen LogP) is 0.917. The second kappa shape index (κ2) is 6.17. The molecule has 0 saturated heterocycles. The molecule has 1 aromatic carbocycles. The number of methoxy groups -OCH3 is 1. The van der Waals surface area contributed by atoms with E-state index in [9.17, 15) is 8.42 Å². The van der Waals surface area contributed by atoms with E-state index in [-0.39, 0.29) is 24.0 Å². The Kier molecular flexibility index (Phi) is 5.13. The molecule has 2 N–H and O–H groups in total. The minimum atomic E-state index is -3.55. The lowest BCUT2D eigenvalue weighted by atomic mass is 10.1. The Hall–Kier alpha value is -1.11. The maximum Gasteiger partial charge on any atom is 0.241 e. The zero-order valence-electron chi connectivity index (χ0n) is 10.8. The van der Waals surface area contributed by atoms with E-state index in [1.54, 1.807) is 26.0 Å². The summed E-state index contributed by atoms with van der Waals surface area (Å²) >= 11 is 0. The highest BCUT2D eigenvalue weighted by molar-refractivity contribution is 7.89. The largest absolute Gasteiger partial charge is 0.497 e. The molecule has 0 aromatic heterocycles. The van der Waals surface area contributed by atoms with Crippen LogP contribution in [0.15, 0.2) is 23.1 Å². The van der Waals surface area contributed by atoms with Gasteiger partial charge in [-0.2, -0.15) is 0 Å². The fourth-order valence-electron chi connectivity index (χ4n) is 1.63. The zero-order chi connectivity index (χ0) is 13.8.